The molecule has 1 unspecified atom stereocenters. The normalized spacial score (nSPS) is 20.9. The van der Waals surface area contributed by atoms with E-state index in [1.54, 1.807) is 0 Å². The van der Waals surface area contributed by atoms with Gasteiger partial charge >= 0.3 is 0 Å². The van der Waals surface area contributed by atoms with E-state index in [0.717, 1.165) is 52.0 Å². The highest BCUT2D eigenvalue weighted by Gasteiger charge is 2.44. The van der Waals surface area contributed by atoms with Gasteiger partial charge in [-0.3, -0.25) is 4.90 Å². The molecule has 1 spiro atoms. The topological polar surface area (TPSA) is 24.5 Å². The van der Waals surface area contributed by atoms with Crippen molar-refractivity contribution < 1.29 is 4.74 Å². The lowest BCUT2D eigenvalue weighted by Gasteiger charge is -2.46. The Labute approximate surface area is 183 Å². The number of ether oxygens (including phenoxy) is 1. The van der Waals surface area contributed by atoms with Gasteiger partial charge in [0.1, 0.15) is 0 Å². The van der Waals surface area contributed by atoms with Crippen molar-refractivity contribution in [1.29, 1.82) is 0 Å². The Morgan fingerprint density at radius 3 is 2.37 bits per heavy atom. The van der Waals surface area contributed by atoms with Crippen LogP contribution in [0.3, 0.4) is 0 Å². The van der Waals surface area contributed by atoms with Crippen LogP contribution in [0.4, 0.5) is 0 Å². The summed E-state index contributed by atoms with van der Waals surface area (Å²) in [6, 6.07) is 23.8. The molecule has 4 heteroatoms. The average Bonchev–Trinajstić information content (AvgIpc) is 3.27. The third kappa shape index (κ3) is 4.37. The second-order valence-corrected chi connectivity index (χ2v) is 9.57. The largest absolute Gasteiger partial charge is 0.365 e. The summed E-state index contributed by atoms with van der Waals surface area (Å²) in [7, 11) is 0. The molecule has 3 aromatic rings. The molecule has 0 bridgehead atoms. The SMILES string of the molecule is c1ccc(CNCC2Cc3sccc3C3(CCN(Cc4ccccc4)CC3)O2)cc1. The number of hydrogen-bond acceptors (Lipinski definition) is 4. The fourth-order valence-corrected chi connectivity index (χ4v) is 5.96. The lowest BCUT2D eigenvalue weighted by molar-refractivity contribution is -0.138. The number of nitrogens with zero attached hydrogens (tertiary/aromatic N) is 1. The van der Waals surface area contributed by atoms with Gasteiger partial charge in [0.15, 0.2) is 0 Å². The number of likely N-dealkylation sites (tertiary alicyclic amines) is 1. The Morgan fingerprint density at radius 1 is 0.933 bits per heavy atom. The smallest absolute Gasteiger partial charge is 0.0970 e. The molecule has 1 fully saturated rings. The molecule has 2 aromatic carbocycles. The zero-order chi connectivity index (χ0) is 20.2. The quantitative estimate of drug-likeness (QED) is 0.612. The highest BCUT2D eigenvalue weighted by atomic mass is 32.1. The number of rotatable bonds is 6. The van der Waals surface area contributed by atoms with E-state index in [0.29, 0.717) is 0 Å². The highest BCUT2D eigenvalue weighted by molar-refractivity contribution is 7.10. The van der Waals surface area contributed by atoms with Gasteiger partial charge < -0.3 is 10.1 Å². The molecule has 1 atom stereocenters. The van der Waals surface area contributed by atoms with Crippen LogP contribution in [-0.2, 0) is 29.8 Å². The molecule has 3 nitrogen and oxygen atoms in total. The minimum Gasteiger partial charge on any atom is -0.365 e. The molecule has 0 amide bonds. The molecule has 1 aromatic heterocycles. The van der Waals surface area contributed by atoms with Gasteiger partial charge in [0, 0.05) is 44.0 Å². The van der Waals surface area contributed by atoms with Gasteiger partial charge in [-0.05, 0) is 41.0 Å². The fraction of sp³-hybridized carbons (Fsp3) is 0.385. The van der Waals surface area contributed by atoms with Gasteiger partial charge in [0.05, 0.1) is 11.7 Å². The molecule has 0 saturated carbocycles. The van der Waals surface area contributed by atoms with Crippen molar-refractivity contribution in [2.45, 2.75) is 44.1 Å². The van der Waals surface area contributed by atoms with Crippen LogP contribution in [0.25, 0.3) is 0 Å². The highest BCUT2D eigenvalue weighted by Crippen LogP contribution is 2.45. The molecular formula is C26H30N2OS. The number of nitrogens with one attached hydrogen (secondary N) is 1. The van der Waals surface area contributed by atoms with E-state index < -0.39 is 0 Å². The molecule has 1 saturated heterocycles. The Hall–Kier alpha value is -1.98. The summed E-state index contributed by atoms with van der Waals surface area (Å²) in [5, 5.41) is 5.88. The zero-order valence-electron chi connectivity index (χ0n) is 17.4. The van der Waals surface area contributed by atoms with Crippen LogP contribution >= 0.6 is 11.3 Å². The number of fused-ring (bicyclic) bond motifs is 2. The standard InChI is InChI=1S/C26H30N2OS/c1-3-7-21(8-4-1)18-27-19-23-17-25-24(11-16-30-25)26(29-23)12-14-28(15-13-26)20-22-9-5-2-6-10-22/h1-11,16,23,27H,12-15,17-20H2. The molecule has 2 aliphatic heterocycles. The van der Waals surface area contributed by atoms with Crippen LogP contribution in [0.5, 0.6) is 0 Å². The Morgan fingerprint density at radius 2 is 1.63 bits per heavy atom. The predicted molar refractivity (Wildman–Crippen MR) is 124 cm³/mol. The number of thiophene rings is 1. The number of piperidine rings is 1. The first-order valence-corrected chi connectivity index (χ1v) is 11.9. The van der Waals surface area contributed by atoms with Gasteiger partial charge in [-0.2, -0.15) is 0 Å². The van der Waals surface area contributed by atoms with E-state index in [9.17, 15) is 0 Å². The van der Waals surface area contributed by atoms with Crippen LogP contribution in [0.2, 0.25) is 0 Å². The molecule has 30 heavy (non-hydrogen) atoms. The molecule has 3 heterocycles. The maximum absolute atomic E-state index is 6.85. The van der Waals surface area contributed by atoms with Gasteiger partial charge in [0.2, 0.25) is 0 Å². The molecule has 156 valence electrons. The molecule has 2 aliphatic rings. The second-order valence-electron chi connectivity index (χ2n) is 8.57. The van der Waals surface area contributed by atoms with Crippen LogP contribution in [0, 0.1) is 0 Å². The Bertz CT molecular complexity index is 932. The Balaban J connectivity index is 1.22. The zero-order valence-corrected chi connectivity index (χ0v) is 18.2. The molecule has 5 rings (SSSR count). The van der Waals surface area contributed by atoms with Crippen molar-refractivity contribution in [3.05, 3.63) is 93.7 Å². The first kappa shape index (κ1) is 20.0. The van der Waals surface area contributed by atoms with Crippen LogP contribution in [-0.4, -0.2) is 30.6 Å². The van der Waals surface area contributed by atoms with E-state index in [2.05, 4.69) is 82.3 Å². The predicted octanol–water partition coefficient (Wildman–Crippen LogP) is 4.97. The molecular weight excluding hydrogens is 388 g/mol. The maximum atomic E-state index is 6.85. The van der Waals surface area contributed by atoms with Gasteiger partial charge in [0.25, 0.3) is 0 Å². The minimum absolute atomic E-state index is 0.0974. The van der Waals surface area contributed by atoms with Crippen molar-refractivity contribution in [2.75, 3.05) is 19.6 Å². The summed E-state index contributed by atoms with van der Waals surface area (Å²) in [5.41, 5.74) is 4.09. The van der Waals surface area contributed by atoms with E-state index in [1.807, 2.05) is 11.3 Å². The van der Waals surface area contributed by atoms with Crippen LogP contribution in [0.1, 0.15) is 34.4 Å². The second kappa shape index (κ2) is 9.03. The first-order valence-electron chi connectivity index (χ1n) is 11.1. The monoisotopic (exact) mass is 418 g/mol. The Kier molecular flexibility index (Phi) is 6.00. The van der Waals surface area contributed by atoms with E-state index in [4.69, 9.17) is 4.74 Å². The number of hydrogen-bond donors (Lipinski definition) is 1. The van der Waals surface area contributed by atoms with Gasteiger partial charge in [-0.25, -0.2) is 0 Å². The summed E-state index contributed by atoms with van der Waals surface area (Å²) >= 11 is 1.91. The first-order chi connectivity index (χ1) is 14.8. The minimum atomic E-state index is -0.0974. The summed E-state index contributed by atoms with van der Waals surface area (Å²) in [4.78, 5) is 4.11. The summed E-state index contributed by atoms with van der Waals surface area (Å²) in [6.07, 6.45) is 3.45. The third-order valence-corrected chi connectivity index (χ3v) is 7.44. The van der Waals surface area contributed by atoms with E-state index >= 15 is 0 Å². The third-order valence-electron chi connectivity index (χ3n) is 6.50. The molecule has 0 aliphatic carbocycles. The van der Waals surface area contributed by atoms with Gasteiger partial charge in [-0.15, -0.1) is 11.3 Å². The van der Waals surface area contributed by atoms with E-state index in [1.165, 1.54) is 21.6 Å². The lowest BCUT2D eigenvalue weighted by atomic mass is 9.81. The van der Waals surface area contributed by atoms with Crippen molar-refractivity contribution >= 4 is 11.3 Å². The molecule has 0 radical (unpaired) electrons. The summed E-state index contributed by atoms with van der Waals surface area (Å²) in [5.74, 6) is 0. The van der Waals surface area contributed by atoms with Crippen LogP contribution < -0.4 is 5.32 Å². The summed E-state index contributed by atoms with van der Waals surface area (Å²) < 4.78 is 6.85. The maximum Gasteiger partial charge on any atom is 0.0970 e. The van der Waals surface area contributed by atoms with Crippen molar-refractivity contribution in [3.8, 4) is 0 Å². The van der Waals surface area contributed by atoms with Gasteiger partial charge in [-0.1, -0.05) is 60.7 Å². The van der Waals surface area contributed by atoms with Crippen molar-refractivity contribution in [1.82, 2.24) is 10.2 Å². The number of benzene rings is 2. The lowest BCUT2D eigenvalue weighted by Crippen LogP contribution is -2.50. The summed E-state index contributed by atoms with van der Waals surface area (Å²) in [6.45, 7) is 5.02. The van der Waals surface area contributed by atoms with Crippen LogP contribution in [0.15, 0.2) is 72.1 Å². The van der Waals surface area contributed by atoms with E-state index in [-0.39, 0.29) is 11.7 Å². The van der Waals surface area contributed by atoms with Crippen molar-refractivity contribution in [3.63, 3.8) is 0 Å². The molecule has 1 N–H and O–H groups in total. The fourth-order valence-electron chi connectivity index (χ4n) is 4.92. The average molecular weight is 419 g/mol. The van der Waals surface area contributed by atoms with Crippen molar-refractivity contribution in [2.24, 2.45) is 0 Å².